The topological polar surface area (TPSA) is 58.2 Å². The van der Waals surface area contributed by atoms with Crippen LogP contribution in [0.15, 0.2) is 10.3 Å². The van der Waals surface area contributed by atoms with Crippen LogP contribution in [0.1, 0.15) is 50.5 Å². The minimum atomic E-state index is -3.39. The number of nitrogens with one attached hydrogen (secondary N) is 2. The third kappa shape index (κ3) is 4.28. The molecule has 6 heteroatoms. The Bertz CT molecular complexity index is 578. The Morgan fingerprint density at radius 2 is 2.14 bits per heavy atom. The fourth-order valence-electron chi connectivity index (χ4n) is 2.61. The normalized spacial score (nSPS) is 22.0. The van der Waals surface area contributed by atoms with Gasteiger partial charge in [0.25, 0.3) is 0 Å². The van der Waals surface area contributed by atoms with Gasteiger partial charge in [0.15, 0.2) is 0 Å². The number of aryl methyl sites for hydroxylation is 1. The van der Waals surface area contributed by atoms with E-state index in [4.69, 9.17) is 0 Å². The van der Waals surface area contributed by atoms with Crippen LogP contribution in [-0.2, 0) is 16.6 Å². The van der Waals surface area contributed by atoms with E-state index in [1.54, 1.807) is 0 Å². The molecule has 1 aliphatic rings. The first kappa shape index (κ1) is 16.9. The summed E-state index contributed by atoms with van der Waals surface area (Å²) in [6, 6.07) is 0.480. The van der Waals surface area contributed by atoms with Crippen LogP contribution in [0.4, 0.5) is 0 Å². The minimum Gasteiger partial charge on any atom is -0.310 e. The van der Waals surface area contributed by atoms with Gasteiger partial charge in [0, 0.05) is 23.5 Å². The summed E-state index contributed by atoms with van der Waals surface area (Å²) in [4.78, 5) is 1.39. The van der Waals surface area contributed by atoms with E-state index in [-0.39, 0.29) is 6.04 Å². The van der Waals surface area contributed by atoms with Gasteiger partial charge in [-0.2, -0.15) is 0 Å². The largest absolute Gasteiger partial charge is 0.310 e. The van der Waals surface area contributed by atoms with Gasteiger partial charge in [0.05, 0.1) is 0 Å². The van der Waals surface area contributed by atoms with Gasteiger partial charge in [-0.1, -0.05) is 27.2 Å². The van der Waals surface area contributed by atoms with E-state index < -0.39 is 10.0 Å². The second-order valence-corrected chi connectivity index (χ2v) is 8.83. The van der Waals surface area contributed by atoms with Crippen molar-refractivity contribution in [1.82, 2.24) is 10.0 Å². The number of hydrogen-bond acceptors (Lipinski definition) is 4. The molecular formula is C15H26N2O2S2. The summed E-state index contributed by atoms with van der Waals surface area (Å²) in [7, 11) is -3.39. The summed E-state index contributed by atoms with van der Waals surface area (Å²) in [6.07, 6.45) is 3.21. The molecule has 0 spiro atoms. The summed E-state index contributed by atoms with van der Waals surface area (Å²) in [5.74, 6) is 0.529. The fraction of sp³-hybridized carbons (Fsp3) is 0.733. The van der Waals surface area contributed by atoms with Gasteiger partial charge in [-0.3, -0.25) is 0 Å². The molecule has 2 unspecified atom stereocenters. The van der Waals surface area contributed by atoms with E-state index in [0.29, 0.717) is 23.4 Å². The lowest BCUT2D eigenvalue weighted by molar-refractivity contribution is 0.565. The number of sulfonamides is 1. The highest BCUT2D eigenvalue weighted by atomic mass is 32.2. The smallest absolute Gasteiger partial charge is 0.242 e. The van der Waals surface area contributed by atoms with Crippen LogP contribution >= 0.6 is 11.3 Å². The van der Waals surface area contributed by atoms with Gasteiger partial charge in [0.1, 0.15) is 4.90 Å². The van der Waals surface area contributed by atoms with E-state index in [1.807, 2.05) is 12.3 Å². The molecule has 0 saturated heterocycles. The molecular weight excluding hydrogens is 304 g/mol. The van der Waals surface area contributed by atoms with E-state index in [0.717, 1.165) is 29.7 Å². The van der Waals surface area contributed by atoms with E-state index in [9.17, 15) is 8.42 Å². The molecule has 1 aromatic heterocycles. The van der Waals surface area contributed by atoms with Gasteiger partial charge in [-0.15, -0.1) is 11.3 Å². The van der Waals surface area contributed by atoms with Crippen LogP contribution in [0.25, 0.3) is 0 Å². The number of thiophene rings is 1. The first-order chi connectivity index (χ1) is 9.85. The van der Waals surface area contributed by atoms with E-state index >= 15 is 0 Å². The monoisotopic (exact) mass is 330 g/mol. The Morgan fingerprint density at radius 1 is 1.43 bits per heavy atom. The first-order valence-electron chi connectivity index (χ1n) is 7.67. The van der Waals surface area contributed by atoms with Crippen molar-refractivity contribution >= 4 is 21.4 Å². The van der Waals surface area contributed by atoms with Crippen LogP contribution in [0.5, 0.6) is 0 Å². The first-order valence-corrected chi connectivity index (χ1v) is 10.0. The molecule has 21 heavy (non-hydrogen) atoms. The molecule has 0 radical (unpaired) electrons. The quantitative estimate of drug-likeness (QED) is 0.770. The van der Waals surface area contributed by atoms with E-state index in [1.165, 1.54) is 11.3 Å². The summed E-state index contributed by atoms with van der Waals surface area (Å²) in [5, 5.41) is 5.24. The fourth-order valence-corrected chi connectivity index (χ4v) is 5.69. The minimum absolute atomic E-state index is 0.139. The van der Waals surface area contributed by atoms with Gasteiger partial charge in [-0.25, -0.2) is 13.1 Å². The molecule has 1 aromatic rings. The lowest BCUT2D eigenvalue weighted by Gasteiger charge is -2.11. The van der Waals surface area contributed by atoms with Gasteiger partial charge < -0.3 is 5.32 Å². The Labute approximate surface area is 132 Å². The van der Waals surface area contributed by atoms with Crippen molar-refractivity contribution in [3.63, 3.8) is 0 Å². The molecule has 0 amide bonds. The summed E-state index contributed by atoms with van der Waals surface area (Å²) in [6.45, 7) is 8.75. The average molecular weight is 331 g/mol. The lowest BCUT2D eigenvalue weighted by atomic mass is 10.2. The van der Waals surface area contributed by atoms with Gasteiger partial charge in [0.2, 0.25) is 10.0 Å². The maximum atomic E-state index is 12.6. The molecule has 2 N–H and O–H groups in total. The lowest BCUT2D eigenvalue weighted by Crippen LogP contribution is -2.29. The van der Waals surface area contributed by atoms with Crippen molar-refractivity contribution in [3.8, 4) is 0 Å². The zero-order valence-electron chi connectivity index (χ0n) is 13.3. The molecule has 2 rings (SSSR count). The van der Waals surface area contributed by atoms with Crippen LogP contribution in [0, 0.1) is 12.8 Å². The summed E-state index contributed by atoms with van der Waals surface area (Å²) in [5.41, 5.74) is 0.848. The van der Waals surface area contributed by atoms with Crippen LogP contribution < -0.4 is 10.0 Å². The molecule has 1 saturated carbocycles. The zero-order chi connectivity index (χ0) is 15.6. The molecule has 1 aliphatic carbocycles. The molecule has 120 valence electrons. The molecule has 0 aromatic carbocycles. The molecule has 0 aliphatic heterocycles. The maximum absolute atomic E-state index is 12.6. The van der Waals surface area contributed by atoms with Crippen molar-refractivity contribution in [1.29, 1.82) is 0 Å². The highest BCUT2D eigenvalue weighted by Crippen LogP contribution is 2.37. The SMILES string of the molecule is CCCC1CC1NS(=O)(=O)c1c(C)csc1CNC(C)C. The predicted molar refractivity (Wildman–Crippen MR) is 88.2 cm³/mol. The van der Waals surface area contributed by atoms with Crippen molar-refractivity contribution in [2.75, 3.05) is 0 Å². The predicted octanol–water partition coefficient (Wildman–Crippen LogP) is 3.02. The molecule has 2 atom stereocenters. The zero-order valence-corrected chi connectivity index (χ0v) is 14.9. The van der Waals surface area contributed by atoms with Gasteiger partial charge in [-0.05, 0) is 36.6 Å². The Kier molecular flexibility index (Phi) is 5.46. The third-order valence-corrected chi connectivity index (χ3v) is 6.77. The summed E-state index contributed by atoms with van der Waals surface area (Å²) < 4.78 is 28.2. The maximum Gasteiger partial charge on any atom is 0.242 e. The van der Waals surface area contributed by atoms with Crippen molar-refractivity contribution in [2.24, 2.45) is 5.92 Å². The van der Waals surface area contributed by atoms with Crippen LogP contribution in [0.3, 0.4) is 0 Å². The molecule has 1 heterocycles. The van der Waals surface area contributed by atoms with Crippen LogP contribution in [0.2, 0.25) is 0 Å². The molecule has 4 nitrogen and oxygen atoms in total. The summed E-state index contributed by atoms with van der Waals surface area (Å²) >= 11 is 1.52. The van der Waals surface area contributed by atoms with Gasteiger partial charge >= 0.3 is 0 Å². The second-order valence-electron chi connectivity index (χ2n) is 6.22. The van der Waals surface area contributed by atoms with E-state index in [2.05, 4.69) is 30.8 Å². The van der Waals surface area contributed by atoms with Crippen LogP contribution in [-0.4, -0.2) is 20.5 Å². The number of rotatable bonds is 8. The Balaban J connectivity index is 2.10. The third-order valence-electron chi connectivity index (χ3n) is 3.82. The highest BCUT2D eigenvalue weighted by molar-refractivity contribution is 7.89. The average Bonchev–Trinajstić information content (AvgIpc) is 2.96. The van der Waals surface area contributed by atoms with Crippen molar-refractivity contribution < 1.29 is 8.42 Å². The standard InChI is InChI=1S/C15H26N2O2S2/c1-5-6-12-7-13(12)17-21(18,19)15-11(4)9-20-14(15)8-16-10(2)3/h9-10,12-13,16-17H,5-8H2,1-4H3. The molecule has 0 bridgehead atoms. The highest BCUT2D eigenvalue weighted by Gasteiger charge is 2.40. The number of hydrogen-bond donors (Lipinski definition) is 2. The second kappa shape index (κ2) is 6.77. The Morgan fingerprint density at radius 3 is 2.76 bits per heavy atom. The van der Waals surface area contributed by atoms with Crippen molar-refractivity contribution in [3.05, 3.63) is 15.8 Å². The Hall–Kier alpha value is -0.430. The molecule has 1 fully saturated rings. The van der Waals surface area contributed by atoms with Crippen molar-refractivity contribution in [2.45, 2.75) is 70.5 Å².